The van der Waals surface area contributed by atoms with Gasteiger partial charge in [-0.15, -0.1) is 0 Å². The highest BCUT2D eigenvalue weighted by atomic mass is 19.4. The number of aryl methyl sites for hydroxylation is 3. The average Bonchev–Trinajstić information content (AvgIpc) is 3.29. The summed E-state index contributed by atoms with van der Waals surface area (Å²) in [4.78, 5) is 8.62. The quantitative estimate of drug-likeness (QED) is 0.163. The molecule has 8 heteroatoms. The number of rotatable bonds is 11. The summed E-state index contributed by atoms with van der Waals surface area (Å²) in [6, 6.07) is 13.5. The van der Waals surface area contributed by atoms with Crippen molar-refractivity contribution < 1.29 is 17.6 Å². The first kappa shape index (κ1) is 25.0. The van der Waals surface area contributed by atoms with Crippen molar-refractivity contribution >= 4 is 24.6 Å². The van der Waals surface area contributed by atoms with Crippen molar-refractivity contribution in [2.45, 2.75) is 38.3 Å². The van der Waals surface area contributed by atoms with Crippen LogP contribution < -0.4 is 5.84 Å². The molecular weight excluding hydrogens is 441 g/mol. The van der Waals surface area contributed by atoms with Crippen LogP contribution in [0.4, 0.5) is 13.2 Å². The molecule has 0 aliphatic rings. The molecule has 0 saturated heterocycles. The van der Waals surface area contributed by atoms with E-state index in [0.717, 1.165) is 56.5 Å². The van der Waals surface area contributed by atoms with Gasteiger partial charge in [0.25, 0.3) is 0 Å². The van der Waals surface area contributed by atoms with Crippen LogP contribution in [0, 0.1) is 0 Å². The van der Waals surface area contributed by atoms with Crippen LogP contribution in [0.3, 0.4) is 0 Å². The van der Waals surface area contributed by atoms with Crippen molar-refractivity contribution in [1.82, 2.24) is 4.98 Å². The number of nitrogens with two attached hydrogens (primary N) is 1. The Hall–Kier alpha value is -3.68. The Bertz CT molecular complexity index is 1100. The molecule has 2 N–H and O–H groups in total. The van der Waals surface area contributed by atoms with Gasteiger partial charge in [0.1, 0.15) is 6.26 Å². The monoisotopic (exact) mass is 468 g/mol. The molecule has 0 radical (unpaired) electrons. The molecule has 0 atom stereocenters. The topological polar surface area (TPSA) is 76.8 Å². The third-order valence-electron chi connectivity index (χ3n) is 5.18. The second-order valence-electron chi connectivity index (χ2n) is 7.76. The largest absolute Gasteiger partial charge is 0.445 e. The number of halogens is 3. The van der Waals surface area contributed by atoms with Gasteiger partial charge in [-0.3, -0.25) is 4.99 Å². The first-order valence-electron chi connectivity index (χ1n) is 11.0. The Morgan fingerprint density at radius 3 is 2.24 bits per heavy atom. The molecule has 1 heterocycles. The lowest BCUT2D eigenvalue weighted by Crippen LogP contribution is -2.03. The van der Waals surface area contributed by atoms with Gasteiger partial charge in [-0.25, -0.2) is 4.98 Å². The summed E-state index contributed by atoms with van der Waals surface area (Å²) in [6.07, 6.45) is 8.36. The molecule has 0 aliphatic carbocycles. The van der Waals surface area contributed by atoms with E-state index in [1.54, 1.807) is 24.6 Å². The molecular formula is C26H27F3N4O. The number of hydrogen-bond donors (Lipinski definition) is 1. The fourth-order valence-corrected chi connectivity index (χ4v) is 3.30. The zero-order valence-corrected chi connectivity index (χ0v) is 18.7. The lowest BCUT2D eigenvalue weighted by molar-refractivity contribution is -0.137. The SMILES string of the molecule is NN=CC=NCCCCc1ccc(CCc2coc(/C=C/c3ccc(C(F)(F)F)cc3)n2)cc1. The predicted octanol–water partition coefficient (Wildman–Crippen LogP) is 5.99. The Balaban J connectivity index is 1.42. The van der Waals surface area contributed by atoms with Crippen LogP contribution in [0.1, 0.15) is 46.7 Å². The molecule has 0 unspecified atom stereocenters. The highest BCUT2D eigenvalue weighted by molar-refractivity contribution is 6.15. The Morgan fingerprint density at radius 1 is 0.853 bits per heavy atom. The van der Waals surface area contributed by atoms with E-state index in [0.29, 0.717) is 11.5 Å². The number of hydrogen-bond acceptors (Lipinski definition) is 5. The van der Waals surface area contributed by atoms with E-state index in [4.69, 9.17) is 10.3 Å². The summed E-state index contributed by atoms with van der Waals surface area (Å²) in [5.74, 6) is 5.42. The van der Waals surface area contributed by atoms with E-state index in [1.165, 1.54) is 29.5 Å². The van der Waals surface area contributed by atoms with Crippen molar-refractivity contribution in [2.24, 2.45) is 15.9 Å². The summed E-state index contributed by atoms with van der Waals surface area (Å²) in [5, 5.41) is 3.36. The maximum atomic E-state index is 12.6. The molecule has 2 aromatic carbocycles. The lowest BCUT2D eigenvalue weighted by Gasteiger charge is -2.05. The van der Waals surface area contributed by atoms with Crippen LogP contribution in [0.5, 0.6) is 0 Å². The van der Waals surface area contributed by atoms with Gasteiger partial charge in [-0.2, -0.15) is 18.3 Å². The number of benzene rings is 2. The number of nitrogens with zero attached hydrogens (tertiary/aromatic N) is 3. The van der Waals surface area contributed by atoms with Crippen LogP contribution >= 0.6 is 0 Å². The molecule has 0 aliphatic heterocycles. The minimum Gasteiger partial charge on any atom is -0.445 e. The molecule has 0 fully saturated rings. The summed E-state index contributed by atoms with van der Waals surface area (Å²) in [6.45, 7) is 0.767. The highest BCUT2D eigenvalue weighted by Gasteiger charge is 2.29. The van der Waals surface area contributed by atoms with Crippen LogP contribution in [0.25, 0.3) is 12.2 Å². The summed E-state index contributed by atoms with van der Waals surface area (Å²) in [7, 11) is 0. The summed E-state index contributed by atoms with van der Waals surface area (Å²) < 4.78 is 43.4. The smallest absolute Gasteiger partial charge is 0.416 e. The summed E-state index contributed by atoms with van der Waals surface area (Å²) in [5.41, 5.74) is 3.32. The molecule has 1 aromatic heterocycles. The van der Waals surface area contributed by atoms with E-state index < -0.39 is 11.7 Å². The van der Waals surface area contributed by atoms with Crippen LogP contribution in [0.15, 0.2) is 69.3 Å². The Labute approximate surface area is 196 Å². The molecule has 0 saturated carbocycles. The van der Waals surface area contributed by atoms with E-state index >= 15 is 0 Å². The fourth-order valence-electron chi connectivity index (χ4n) is 3.30. The van der Waals surface area contributed by atoms with Crippen LogP contribution in [-0.2, 0) is 25.4 Å². The highest BCUT2D eigenvalue weighted by Crippen LogP contribution is 2.29. The molecule has 3 aromatic rings. The minimum atomic E-state index is -4.34. The zero-order chi connectivity index (χ0) is 24.2. The molecule has 178 valence electrons. The Kier molecular flexibility index (Phi) is 9.20. The number of oxazole rings is 1. The second kappa shape index (κ2) is 12.5. The number of alkyl halides is 3. The van der Waals surface area contributed by atoms with Crippen LogP contribution in [-0.4, -0.2) is 24.0 Å². The number of unbranched alkanes of at least 4 members (excludes halogenated alkanes) is 1. The number of hydrazone groups is 1. The summed E-state index contributed by atoms with van der Waals surface area (Å²) >= 11 is 0. The maximum absolute atomic E-state index is 12.6. The predicted molar refractivity (Wildman–Crippen MR) is 130 cm³/mol. The van der Waals surface area contributed by atoms with E-state index in [-0.39, 0.29) is 0 Å². The molecule has 0 spiro atoms. The zero-order valence-electron chi connectivity index (χ0n) is 18.7. The van der Waals surface area contributed by atoms with Gasteiger partial charge < -0.3 is 10.3 Å². The third-order valence-corrected chi connectivity index (χ3v) is 5.18. The van der Waals surface area contributed by atoms with Gasteiger partial charge in [0.2, 0.25) is 5.89 Å². The standard InChI is InChI=1S/C26H27F3N4O/c27-26(28,29)23-12-8-22(9-13-23)11-15-25-33-24(19-34-25)14-10-21-6-4-20(5-7-21)3-1-2-16-31-17-18-32-30/h4-9,11-13,15,17-19H,1-3,10,14,16,30H2/b15-11+,31-17?,32-18?. The van der Waals surface area contributed by atoms with Crippen molar-refractivity contribution in [3.05, 3.63) is 88.6 Å². The lowest BCUT2D eigenvalue weighted by atomic mass is 10.0. The van der Waals surface area contributed by atoms with Gasteiger partial charge in [-0.1, -0.05) is 36.4 Å². The first-order chi connectivity index (χ1) is 16.4. The van der Waals surface area contributed by atoms with Gasteiger partial charge in [-0.05, 0) is 67.0 Å². The number of aromatic nitrogens is 1. The van der Waals surface area contributed by atoms with Crippen molar-refractivity contribution in [3.8, 4) is 0 Å². The minimum absolute atomic E-state index is 0.421. The first-order valence-corrected chi connectivity index (χ1v) is 11.0. The maximum Gasteiger partial charge on any atom is 0.416 e. The Morgan fingerprint density at radius 2 is 1.56 bits per heavy atom. The molecule has 5 nitrogen and oxygen atoms in total. The van der Waals surface area contributed by atoms with E-state index in [2.05, 4.69) is 39.3 Å². The van der Waals surface area contributed by atoms with Crippen molar-refractivity contribution in [1.29, 1.82) is 0 Å². The van der Waals surface area contributed by atoms with Gasteiger partial charge >= 0.3 is 6.18 Å². The van der Waals surface area contributed by atoms with Gasteiger partial charge in [0.15, 0.2) is 0 Å². The molecule has 3 rings (SSSR count). The second-order valence-corrected chi connectivity index (χ2v) is 7.76. The van der Waals surface area contributed by atoms with E-state index in [9.17, 15) is 13.2 Å². The number of aliphatic imine (C=N–C) groups is 1. The normalized spacial score (nSPS) is 12.4. The molecule has 0 amide bonds. The van der Waals surface area contributed by atoms with Crippen molar-refractivity contribution in [3.63, 3.8) is 0 Å². The third kappa shape index (κ3) is 8.35. The van der Waals surface area contributed by atoms with Gasteiger partial charge in [0, 0.05) is 18.8 Å². The van der Waals surface area contributed by atoms with Gasteiger partial charge in [0.05, 0.1) is 17.5 Å². The molecule has 34 heavy (non-hydrogen) atoms. The van der Waals surface area contributed by atoms with Crippen LogP contribution in [0.2, 0.25) is 0 Å². The fraction of sp³-hybridized carbons (Fsp3) is 0.269. The average molecular weight is 469 g/mol. The van der Waals surface area contributed by atoms with Crippen molar-refractivity contribution in [2.75, 3.05) is 6.54 Å². The van der Waals surface area contributed by atoms with E-state index in [1.807, 2.05) is 0 Å². The molecule has 0 bridgehead atoms.